The van der Waals surface area contributed by atoms with Crippen LogP contribution in [-0.4, -0.2) is 32.3 Å². The highest BCUT2D eigenvalue weighted by molar-refractivity contribution is 8.00. The molecule has 2 heterocycles. The fraction of sp³-hybridized carbons (Fsp3) is 0.100. The number of carbonyl (C=O) groups is 2. The Morgan fingerprint density at radius 2 is 1.69 bits per heavy atom. The number of hydrogen-bond donors (Lipinski definition) is 1. The first kappa shape index (κ1) is 22.5. The number of rotatable bonds is 7. The van der Waals surface area contributed by atoms with Gasteiger partial charge < -0.3 is 18.9 Å². The van der Waals surface area contributed by atoms with E-state index in [1.165, 1.54) is 43.3 Å². The third kappa shape index (κ3) is 4.75. The zero-order valence-corrected chi connectivity index (χ0v) is 17.5. The minimum absolute atomic E-state index is 0.0297. The minimum atomic E-state index is -4.27. The van der Waals surface area contributed by atoms with Gasteiger partial charge in [0.05, 0.1) is 18.1 Å². The van der Waals surface area contributed by atoms with Crippen LogP contribution in [0.3, 0.4) is 0 Å². The van der Waals surface area contributed by atoms with Gasteiger partial charge in [-0.05, 0) is 42.5 Å². The van der Waals surface area contributed by atoms with Crippen molar-refractivity contribution in [2.75, 3.05) is 12.4 Å². The molecule has 0 saturated heterocycles. The molecule has 1 amide bonds. The number of nitro groups is 1. The average Bonchev–Trinajstić information content (AvgIpc) is 3.41. The number of sulfone groups is 1. The first-order valence-electron chi connectivity index (χ1n) is 8.89. The lowest BCUT2D eigenvalue weighted by Crippen LogP contribution is -2.07. The summed E-state index contributed by atoms with van der Waals surface area (Å²) in [6.07, 6.45) is 1.08. The quantitative estimate of drug-likeness (QED) is 0.316. The van der Waals surface area contributed by atoms with Crippen molar-refractivity contribution in [3.63, 3.8) is 0 Å². The molecule has 1 aromatic carbocycles. The largest absolute Gasteiger partial charge is 0.463 e. The number of carbonyl (C=O) groups excluding carboxylic acids is 2. The molecule has 1 N–H and O–H groups in total. The normalized spacial score (nSPS) is 11.8. The lowest BCUT2D eigenvalue weighted by Gasteiger charge is -2.08. The Morgan fingerprint density at radius 1 is 1.03 bits per heavy atom. The van der Waals surface area contributed by atoms with E-state index >= 15 is 0 Å². The van der Waals surface area contributed by atoms with Crippen molar-refractivity contribution in [3.05, 3.63) is 75.9 Å². The predicted molar refractivity (Wildman–Crippen MR) is 111 cm³/mol. The highest BCUT2D eigenvalue weighted by Gasteiger charge is 2.28. The van der Waals surface area contributed by atoms with E-state index in [2.05, 4.69) is 10.1 Å². The molecule has 0 spiro atoms. The Morgan fingerprint density at radius 3 is 2.25 bits per heavy atom. The molecule has 0 aliphatic rings. The molecule has 3 aromatic rings. The molecule has 2 aromatic heterocycles. The lowest BCUT2D eigenvalue weighted by molar-refractivity contribution is -0.402. The molecule has 0 aliphatic carbocycles. The van der Waals surface area contributed by atoms with E-state index in [4.69, 9.17) is 8.83 Å². The van der Waals surface area contributed by atoms with E-state index in [1.807, 2.05) is 0 Å². The first-order valence-corrected chi connectivity index (χ1v) is 10.4. The molecule has 0 unspecified atom stereocenters. The van der Waals surface area contributed by atoms with E-state index in [0.717, 1.165) is 25.3 Å². The highest BCUT2D eigenvalue weighted by atomic mass is 32.2. The Hall–Kier alpha value is -4.19. The second-order valence-electron chi connectivity index (χ2n) is 6.31. The molecule has 32 heavy (non-hydrogen) atoms. The van der Waals surface area contributed by atoms with Crippen molar-refractivity contribution in [1.29, 1.82) is 0 Å². The van der Waals surface area contributed by atoms with Crippen LogP contribution < -0.4 is 5.32 Å². The summed E-state index contributed by atoms with van der Waals surface area (Å²) >= 11 is 0. The Bertz CT molecular complexity index is 1320. The van der Waals surface area contributed by atoms with Crippen LogP contribution in [0.2, 0.25) is 0 Å². The van der Waals surface area contributed by atoms with Gasteiger partial charge in [-0.3, -0.25) is 14.9 Å². The monoisotopic (exact) mass is 460 g/mol. The van der Waals surface area contributed by atoms with Gasteiger partial charge in [-0.2, -0.15) is 0 Å². The number of methoxy groups -OCH3 is 1. The molecule has 0 saturated carbocycles. The van der Waals surface area contributed by atoms with Gasteiger partial charge in [0.1, 0.15) is 15.6 Å². The Kier molecular flexibility index (Phi) is 6.25. The number of anilines is 1. The molecule has 0 fully saturated rings. The van der Waals surface area contributed by atoms with Crippen molar-refractivity contribution in [1.82, 2.24) is 0 Å². The van der Waals surface area contributed by atoms with Gasteiger partial charge in [0.15, 0.2) is 5.76 Å². The smallest absolute Gasteiger partial charge is 0.433 e. The number of hydrogen-bond acceptors (Lipinski definition) is 9. The zero-order chi connectivity index (χ0) is 23.5. The zero-order valence-electron chi connectivity index (χ0n) is 16.7. The fourth-order valence-electron chi connectivity index (χ4n) is 2.66. The number of benzene rings is 1. The van der Waals surface area contributed by atoms with Crippen LogP contribution >= 0.6 is 0 Å². The molecule has 0 aliphatic heterocycles. The number of esters is 1. The molecule has 0 atom stereocenters. The molecular weight excluding hydrogens is 444 g/mol. The van der Waals surface area contributed by atoms with Gasteiger partial charge in [0.2, 0.25) is 21.5 Å². The van der Waals surface area contributed by atoms with Crippen LogP contribution in [-0.2, 0) is 19.4 Å². The summed E-state index contributed by atoms with van der Waals surface area (Å²) in [5.41, 5.74) is 0.379. The minimum Gasteiger partial charge on any atom is -0.463 e. The van der Waals surface area contributed by atoms with E-state index < -0.39 is 31.5 Å². The summed E-state index contributed by atoms with van der Waals surface area (Å²) in [6, 6.07) is 10.1. The molecule has 0 bridgehead atoms. The maximum absolute atomic E-state index is 13.3. The molecule has 166 valence electrons. The SMILES string of the molecule is COC(=O)c1ccc(/C=C(/c2ccc([N+](=O)[O-])o2)S(=O)(=O)c2ccc(NC(C)=O)cc2)o1. The Balaban J connectivity index is 2.10. The molecule has 11 nitrogen and oxygen atoms in total. The molecule has 3 rings (SSSR count). The maximum atomic E-state index is 13.3. The number of furan rings is 2. The van der Waals surface area contributed by atoms with E-state index in [9.17, 15) is 28.1 Å². The summed E-state index contributed by atoms with van der Waals surface area (Å²) in [7, 11) is -3.11. The molecule has 12 heteroatoms. The second-order valence-corrected chi connectivity index (χ2v) is 8.22. The van der Waals surface area contributed by atoms with E-state index in [1.54, 1.807) is 0 Å². The predicted octanol–water partition coefficient (Wildman–Crippen LogP) is 3.50. The second kappa shape index (κ2) is 8.89. The molecule has 0 radical (unpaired) electrons. The van der Waals surface area contributed by atoms with Crippen molar-refractivity contribution >= 4 is 44.3 Å². The van der Waals surface area contributed by atoms with Gasteiger partial charge in [-0.15, -0.1) is 0 Å². The highest BCUT2D eigenvalue weighted by Crippen LogP contribution is 2.33. The van der Waals surface area contributed by atoms with Crippen LogP contribution in [0.4, 0.5) is 11.6 Å². The van der Waals surface area contributed by atoms with Crippen molar-refractivity contribution in [2.24, 2.45) is 0 Å². The summed E-state index contributed by atoms with van der Waals surface area (Å²) in [6.45, 7) is 1.31. The fourth-order valence-corrected chi connectivity index (χ4v) is 4.05. The number of amides is 1. The maximum Gasteiger partial charge on any atom is 0.433 e. The van der Waals surface area contributed by atoms with Crippen LogP contribution in [0.15, 0.2) is 62.3 Å². The van der Waals surface area contributed by atoms with Crippen LogP contribution in [0.1, 0.15) is 29.0 Å². The van der Waals surface area contributed by atoms with E-state index in [0.29, 0.717) is 5.69 Å². The van der Waals surface area contributed by atoms with Crippen molar-refractivity contribution < 1.29 is 36.5 Å². The topological polar surface area (TPSA) is 159 Å². The van der Waals surface area contributed by atoms with Gasteiger partial charge in [0, 0.05) is 18.7 Å². The van der Waals surface area contributed by atoms with E-state index in [-0.39, 0.29) is 28.1 Å². The van der Waals surface area contributed by atoms with Crippen LogP contribution in [0.25, 0.3) is 11.0 Å². The van der Waals surface area contributed by atoms with Gasteiger partial charge in [-0.1, -0.05) is 0 Å². The third-order valence-electron chi connectivity index (χ3n) is 4.08. The van der Waals surface area contributed by atoms with Gasteiger partial charge in [0.25, 0.3) is 0 Å². The first-order chi connectivity index (χ1) is 15.1. The van der Waals surface area contributed by atoms with Crippen molar-refractivity contribution in [2.45, 2.75) is 11.8 Å². The number of nitrogens with zero attached hydrogens (tertiary/aromatic N) is 1. The summed E-state index contributed by atoms with van der Waals surface area (Å²) in [4.78, 5) is 32.4. The summed E-state index contributed by atoms with van der Waals surface area (Å²) in [5, 5.41) is 13.5. The number of nitrogens with one attached hydrogen (secondary N) is 1. The average molecular weight is 460 g/mol. The standard InChI is InChI=1S/C20H16N2O9S/c1-12(23)21-13-3-6-15(7-4-13)32(27,28)18(16-9-10-19(31-16)22(25)26)11-14-5-8-17(30-14)20(24)29-2/h3-11H,1-2H3,(H,21,23)/b18-11-. The van der Waals surface area contributed by atoms with Crippen molar-refractivity contribution in [3.8, 4) is 0 Å². The number of ether oxygens (including phenoxy) is 1. The third-order valence-corrected chi connectivity index (χ3v) is 5.87. The summed E-state index contributed by atoms with van der Waals surface area (Å²) < 4.78 is 41.6. The Labute approximate surface area is 181 Å². The summed E-state index contributed by atoms with van der Waals surface area (Å²) in [5.74, 6) is -2.26. The lowest BCUT2D eigenvalue weighted by atomic mass is 10.3. The van der Waals surface area contributed by atoms with Gasteiger partial charge in [-0.25, -0.2) is 13.2 Å². The van der Waals surface area contributed by atoms with Crippen LogP contribution in [0.5, 0.6) is 0 Å². The molecular formula is C20H16N2O9S. The van der Waals surface area contributed by atoms with Gasteiger partial charge >= 0.3 is 11.9 Å². The van der Waals surface area contributed by atoms with Crippen LogP contribution in [0, 0.1) is 10.1 Å².